The number of amides is 2. The molecule has 2 aromatic heterocycles. The van der Waals surface area contributed by atoms with Gasteiger partial charge in [0.05, 0.1) is 17.7 Å². The van der Waals surface area contributed by atoms with Gasteiger partial charge in [-0.2, -0.15) is 0 Å². The average molecular weight is 348 g/mol. The van der Waals surface area contributed by atoms with E-state index in [1.54, 1.807) is 12.3 Å². The molecule has 1 saturated heterocycles. The minimum Gasteiger partial charge on any atom is -0.377 e. The molecular weight excluding hydrogens is 328 g/mol. The van der Waals surface area contributed by atoms with Gasteiger partial charge in [0.15, 0.2) is 5.13 Å². The van der Waals surface area contributed by atoms with Crippen molar-refractivity contribution in [3.63, 3.8) is 0 Å². The molecule has 4 N–H and O–H groups in total. The molecule has 0 aliphatic carbocycles. The van der Waals surface area contributed by atoms with Gasteiger partial charge >= 0.3 is 0 Å². The molecule has 128 valence electrons. The van der Waals surface area contributed by atoms with Gasteiger partial charge in [0.2, 0.25) is 5.91 Å². The van der Waals surface area contributed by atoms with Crippen LogP contribution < -0.4 is 11.1 Å². The van der Waals surface area contributed by atoms with Crippen LogP contribution in [0.4, 0.5) is 5.13 Å². The normalized spacial score (nSPS) is 20.5. The minimum absolute atomic E-state index is 0.0489. The van der Waals surface area contributed by atoms with Crippen molar-refractivity contribution in [1.29, 1.82) is 0 Å². The molecule has 0 aromatic carbocycles. The number of aromatic amines is 1. The number of anilines is 1. The van der Waals surface area contributed by atoms with Crippen LogP contribution in [0, 0.1) is 11.8 Å². The summed E-state index contributed by atoms with van der Waals surface area (Å²) in [7, 11) is 0. The highest BCUT2D eigenvalue weighted by atomic mass is 32.1. The molecule has 8 heteroatoms. The van der Waals surface area contributed by atoms with Gasteiger partial charge in [-0.15, -0.1) is 11.3 Å². The number of ether oxygens (including phenoxy) is 1. The maximum Gasteiger partial charge on any atom is 0.265 e. The zero-order chi connectivity index (χ0) is 17.3. The van der Waals surface area contributed by atoms with Crippen LogP contribution in [0.15, 0.2) is 17.6 Å². The largest absolute Gasteiger partial charge is 0.377 e. The fraction of sp³-hybridized carbons (Fsp3) is 0.438. The Labute approximate surface area is 143 Å². The first kappa shape index (κ1) is 16.7. The van der Waals surface area contributed by atoms with E-state index in [4.69, 9.17) is 10.5 Å². The van der Waals surface area contributed by atoms with E-state index < -0.39 is 5.91 Å². The number of aromatic nitrogens is 2. The Bertz CT molecular complexity index is 752. The van der Waals surface area contributed by atoms with Crippen molar-refractivity contribution in [3.05, 3.63) is 23.3 Å². The number of nitrogens with one attached hydrogen (secondary N) is 2. The Kier molecular flexibility index (Phi) is 4.68. The van der Waals surface area contributed by atoms with Gasteiger partial charge in [0.1, 0.15) is 5.69 Å². The minimum atomic E-state index is -0.522. The predicted octanol–water partition coefficient (Wildman–Crippen LogP) is 2.24. The SMILES string of the molecule is CC(C)[C@@H]1OCC[C@@H]1C(=O)Nc1nc(-c2c[nH]c(C(N)=O)c2)cs1. The van der Waals surface area contributed by atoms with Gasteiger partial charge in [-0.3, -0.25) is 9.59 Å². The molecule has 2 amide bonds. The molecule has 0 radical (unpaired) electrons. The van der Waals surface area contributed by atoms with Gasteiger partial charge in [-0.1, -0.05) is 13.8 Å². The Morgan fingerprint density at radius 1 is 1.50 bits per heavy atom. The molecule has 7 nitrogen and oxygen atoms in total. The van der Waals surface area contributed by atoms with Gasteiger partial charge < -0.3 is 20.8 Å². The first-order chi connectivity index (χ1) is 11.5. The topological polar surface area (TPSA) is 110 Å². The number of nitrogens with two attached hydrogens (primary N) is 1. The molecule has 3 heterocycles. The molecule has 2 aromatic rings. The van der Waals surface area contributed by atoms with E-state index >= 15 is 0 Å². The van der Waals surface area contributed by atoms with Crippen LogP contribution in [0.2, 0.25) is 0 Å². The number of thiazole rings is 1. The summed E-state index contributed by atoms with van der Waals surface area (Å²) >= 11 is 1.34. The second-order valence-corrected chi connectivity index (χ2v) is 7.03. The van der Waals surface area contributed by atoms with E-state index in [-0.39, 0.29) is 17.9 Å². The summed E-state index contributed by atoms with van der Waals surface area (Å²) in [5, 5.41) is 5.24. The lowest BCUT2D eigenvalue weighted by Crippen LogP contribution is -2.32. The lowest BCUT2D eigenvalue weighted by Gasteiger charge is -2.20. The molecule has 2 atom stereocenters. The quantitative estimate of drug-likeness (QED) is 0.769. The van der Waals surface area contributed by atoms with Crippen molar-refractivity contribution < 1.29 is 14.3 Å². The van der Waals surface area contributed by atoms with Crippen LogP contribution in [0.3, 0.4) is 0 Å². The van der Waals surface area contributed by atoms with E-state index in [2.05, 4.69) is 29.1 Å². The number of H-pyrrole nitrogens is 1. The second kappa shape index (κ2) is 6.74. The third-order valence-electron chi connectivity index (χ3n) is 4.11. The van der Waals surface area contributed by atoms with Gasteiger partial charge in [0, 0.05) is 23.7 Å². The number of nitrogens with zero attached hydrogens (tertiary/aromatic N) is 1. The third kappa shape index (κ3) is 3.34. The van der Waals surface area contributed by atoms with Crippen LogP contribution >= 0.6 is 11.3 Å². The number of rotatable bonds is 5. The molecule has 0 spiro atoms. The van der Waals surface area contributed by atoms with Crippen LogP contribution in [-0.2, 0) is 9.53 Å². The zero-order valence-electron chi connectivity index (χ0n) is 13.5. The van der Waals surface area contributed by atoms with Gasteiger partial charge in [-0.25, -0.2) is 4.98 Å². The van der Waals surface area contributed by atoms with Crippen molar-refractivity contribution in [2.24, 2.45) is 17.6 Å². The van der Waals surface area contributed by atoms with Crippen LogP contribution in [0.5, 0.6) is 0 Å². The number of hydrogen-bond donors (Lipinski definition) is 3. The average Bonchev–Trinajstić information content (AvgIpc) is 3.26. The highest BCUT2D eigenvalue weighted by Gasteiger charge is 2.36. The fourth-order valence-corrected chi connectivity index (χ4v) is 3.62. The second-order valence-electron chi connectivity index (χ2n) is 6.17. The Morgan fingerprint density at radius 2 is 2.29 bits per heavy atom. The van der Waals surface area contributed by atoms with E-state index in [0.29, 0.717) is 29.0 Å². The third-order valence-corrected chi connectivity index (χ3v) is 4.87. The predicted molar refractivity (Wildman–Crippen MR) is 91.7 cm³/mol. The smallest absolute Gasteiger partial charge is 0.265 e. The van der Waals surface area contributed by atoms with E-state index in [1.807, 2.05) is 5.38 Å². The summed E-state index contributed by atoms with van der Waals surface area (Å²) in [6.45, 7) is 4.73. The summed E-state index contributed by atoms with van der Waals surface area (Å²) in [5.41, 5.74) is 6.99. The number of carbonyl (C=O) groups is 2. The molecular formula is C16H20N4O3S. The lowest BCUT2D eigenvalue weighted by molar-refractivity contribution is -0.122. The highest BCUT2D eigenvalue weighted by molar-refractivity contribution is 7.14. The summed E-state index contributed by atoms with van der Waals surface area (Å²) in [6, 6.07) is 1.64. The van der Waals surface area contributed by atoms with Crippen LogP contribution in [-0.4, -0.2) is 34.5 Å². The highest BCUT2D eigenvalue weighted by Crippen LogP contribution is 2.30. The van der Waals surface area contributed by atoms with Crippen molar-refractivity contribution in [3.8, 4) is 11.3 Å². The number of primary amides is 1. The van der Waals surface area contributed by atoms with Gasteiger partial charge in [0.25, 0.3) is 5.91 Å². The molecule has 0 unspecified atom stereocenters. The van der Waals surface area contributed by atoms with E-state index in [1.165, 1.54) is 11.3 Å². The molecule has 3 rings (SSSR count). The maximum absolute atomic E-state index is 12.5. The number of hydrogen-bond acceptors (Lipinski definition) is 5. The standard InChI is InChI=1S/C16H20N4O3S/c1-8(2)13-10(3-4-23-13)15(22)20-16-19-12(7-24-16)9-5-11(14(17)21)18-6-9/h5-8,10,13,18H,3-4H2,1-2H3,(H2,17,21)(H,19,20,22)/t10-,13-/m0/s1. The first-order valence-electron chi connectivity index (χ1n) is 7.82. The molecule has 1 aliphatic rings. The van der Waals surface area contributed by atoms with Gasteiger partial charge in [-0.05, 0) is 18.4 Å². The van der Waals surface area contributed by atoms with Crippen molar-refractivity contribution in [2.75, 3.05) is 11.9 Å². The van der Waals surface area contributed by atoms with Crippen molar-refractivity contribution >= 4 is 28.3 Å². The molecule has 0 saturated carbocycles. The van der Waals surface area contributed by atoms with Crippen LogP contribution in [0.25, 0.3) is 11.3 Å². The maximum atomic E-state index is 12.5. The Hall–Kier alpha value is -2.19. The molecule has 1 aliphatic heterocycles. The van der Waals surface area contributed by atoms with E-state index in [9.17, 15) is 9.59 Å². The zero-order valence-corrected chi connectivity index (χ0v) is 14.4. The lowest BCUT2D eigenvalue weighted by atomic mass is 9.92. The van der Waals surface area contributed by atoms with Crippen molar-refractivity contribution in [1.82, 2.24) is 9.97 Å². The molecule has 24 heavy (non-hydrogen) atoms. The summed E-state index contributed by atoms with van der Waals surface area (Å²) < 4.78 is 5.66. The fourth-order valence-electron chi connectivity index (χ4n) is 2.90. The number of carbonyl (C=O) groups excluding carboxylic acids is 2. The monoisotopic (exact) mass is 348 g/mol. The molecule has 0 bridgehead atoms. The summed E-state index contributed by atoms with van der Waals surface area (Å²) in [5.74, 6) is -0.432. The molecule has 1 fully saturated rings. The van der Waals surface area contributed by atoms with Crippen LogP contribution in [0.1, 0.15) is 30.8 Å². The first-order valence-corrected chi connectivity index (χ1v) is 8.70. The summed E-state index contributed by atoms with van der Waals surface area (Å²) in [6.07, 6.45) is 2.35. The Morgan fingerprint density at radius 3 is 2.96 bits per heavy atom. The Balaban J connectivity index is 1.69. The van der Waals surface area contributed by atoms with E-state index in [0.717, 1.165) is 12.0 Å². The summed E-state index contributed by atoms with van der Waals surface area (Å²) in [4.78, 5) is 30.8. The van der Waals surface area contributed by atoms with Crippen molar-refractivity contribution in [2.45, 2.75) is 26.4 Å².